The average molecular weight is 296 g/mol. The predicted octanol–water partition coefficient (Wildman–Crippen LogP) is 2.39. The molecule has 1 saturated carbocycles. The van der Waals surface area contributed by atoms with Gasteiger partial charge in [-0.25, -0.2) is 0 Å². The quantitative estimate of drug-likeness (QED) is 0.589. The smallest absolute Gasteiger partial charge is 0.303 e. The van der Waals surface area contributed by atoms with Crippen LogP contribution in [-0.4, -0.2) is 36.9 Å². The van der Waals surface area contributed by atoms with Gasteiger partial charge in [-0.3, -0.25) is 9.59 Å². The summed E-state index contributed by atoms with van der Waals surface area (Å²) in [4.78, 5) is 22.2. The Morgan fingerprint density at radius 2 is 1.81 bits per heavy atom. The van der Waals surface area contributed by atoms with Gasteiger partial charge in [0.2, 0.25) is 0 Å². The Hall–Kier alpha value is -1.36. The van der Waals surface area contributed by atoms with Crippen molar-refractivity contribution in [1.82, 2.24) is 0 Å². The average Bonchev–Trinajstić information content (AvgIpc) is 2.46. The standard InChI is InChI=1S/C16H24O5/c1-11(17)19-10-16-15(20-12(2)18)9-8-14(21-16)13-6-4-3-5-7-13/h8-9,13-16H,3-7,10H2,1-2H3/t14-,15+,16+/m0/s1. The number of hydrogen-bond acceptors (Lipinski definition) is 5. The van der Waals surface area contributed by atoms with Crippen LogP contribution in [0.25, 0.3) is 0 Å². The summed E-state index contributed by atoms with van der Waals surface area (Å²) in [5, 5.41) is 0. The molecule has 0 amide bonds. The molecule has 0 spiro atoms. The SMILES string of the molecule is CC(=O)OC[C@H]1O[C@H](C2CCCCC2)C=C[C@H]1OC(C)=O. The van der Waals surface area contributed by atoms with E-state index in [9.17, 15) is 9.59 Å². The molecule has 0 unspecified atom stereocenters. The van der Waals surface area contributed by atoms with E-state index < -0.39 is 12.2 Å². The highest BCUT2D eigenvalue weighted by Crippen LogP contribution is 2.31. The molecule has 1 heterocycles. The lowest BCUT2D eigenvalue weighted by molar-refractivity contribution is -0.166. The molecule has 0 saturated heterocycles. The Labute approximate surface area is 125 Å². The first-order valence-electron chi connectivity index (χ1n) is 7.70. The molecule has 5 nitrogen and oxygen atoms in total. The van der Waals surface area contributed by atoms with Gasteiger partial charge in [0.25, 0.3) is 0 Å². The molecule has 3 atom stereocenters. The number of esters is 2. The van der Waals surface area contributed by atoms with Crippen LogP contribution in [0, 0.1) is 5.92 Å². The molecule has 0 aromatic rings. The van der Waals surface area contributed by atoms with E-state index in [1.807, 2.05) is 12.2 Å². The Morgan fingerprint density at radius 3 is 2.43 bits per heavy atom. The molecular weight excluding hydrogens is 272 g/mol. The topological polar surface area (TPSA) is 61.8 Å². The second-order valence-corrected chi connectivity index (χ2v) is 5.80. The number of carbonyl (C=O) groups is 2. The third-order valence-electron chi connectivity index (χ3n) is 4.06. The highest BCUT2D eigenvalue weighted by atomic mass is 16.6. The van der Waals surface area contributed by atoms with Gasteiger partial charge in [0.05, 0.1) is 6.10 Å². The summed E-state index contributed by atoms with van der Waals surface area (Å²) in [6.45, 7) is 2.84. The fourth-order valence-corrected chi connectivity index (χ4v) is 3.04. The summed E-state index contributed by atoms with van der Waals surface area (Å²) in [5.74, 6) is -0.214. The van der Waals surface area contributed by atoms with Crippen LogP contribution in [0.15, 0.2) is 12.2 Å². The van der Waals surface area contributed by atoms with E-state index in [-0.39, 0.29) is 24.6 Å². The highest BCUT2D eigenvalue weighted by molar-refractivity contribution is 5.66. The van der Waals surface area contributed by atoms with E-state index >= 15 is 0 Å². The van der Waals surface area contributed by atoms with Crippen molar-refractivity contribution in [3.05, 3.63) is 12.2 Å². The van der Waals surface area contributed by atoms with Gasteiger partial charge in [-0.1, -0.05) is 25.3 Å². The minimum Gasteiger partial charge on any atom is -0.463 e. The number of rotatable bonds is 4. The zero-order valence-electron chi connectivity index (χ0n) is 12.7. The minimum atomic E-state index is -0.485. The summed E-state index contributed by atoms with van der Waals surface area (Å²) in [6.07, 6.45) is 9.07. The molecular formula is C16H24O5. The molecule has 2 aliphatic rings. The van der Waals surface area contributed by atoms with Gasteiger partial charge in [-0.2, -0.15) is 0 Å². The zero-order valence-corrected chi connectivity index (χ0v) is 12.7. The number of hydrogen-bond donors (Lipinski definition) is 0. The van der Waals surface area contributed by atoms with Crippen molar-refractivity contribution < 1.29 is 23.8 Å². The van der Waals surface area contributed by atoms with Gasteiger partial charge in [-0.05, 0) is 24.8 Å². The van der Waals surface area contributed by atoms with Crippen molar-refractivity contribution in [1.29, 1.82) is 0 Å². The Kier molecular flexibility index (Phi) is 5.79. The molecule has 0 aromatic heterocycles. The van der Waals surface area contributed by atoms with Crippen molar-refractivity contribution in [3.63, 3.8) is 0 Å². The van der Waals surface area contributed by atoms with Gasteiger partial charge >= 0.3 is 11.9 Å². The van der Waals surface area contributed by atoms with Crippen molar-refractivity contribution in [2.75, 3.05) is 6.61 Å². The third kappa shape index (κ3) is 4.84. The summed E-state index contributed by atoms with van der Waals surface area (Å²) >= 11 is 0. The van der Waals surface area contributed by atoms with Crippen molar-refractivity contribution >= 4 is 11.9 Å². The van der Waals surface area contributed by atoms with E-state index in [1.165, 1.54) is 33.1 Å². The Balaban J connectivity index is 2.00. The Bertz CT molecular complexity index is 397. The molecule has 118 valence electrons. The van der Waals surface area contributed by atoms with Crippen LogP contribution in [-0.2, 0) is 23.8 Å². The van der Waals surface area contributed by atoms with Crippen molar-refractivity contribution in [2.24, 2.45) is 5.92 Å². The maximum atomic E-state index is 11.2. The van der Waals surface area contributed by atoms with E-state index in [0.717, 1.165) is 12.8 Å². The normalized spacial score (nSPS) is 29.9. The molecule has 0 bridgehead atoms. The first-order valence-corrected chi connectivity index (χ1v) is 7.70. The molecule has 2 rings (SSSR count). The molecule has 21 heavy (non-hydrogen) atoms. The fraction of sp³-hybridized carbons (Fsp3) is 0.750. The van der Waals surface area contributed by atoms with Crippen LogP contribution >= 0.6 is 0 Å². The molecule has 1 aliphatic heterocycles. The molecule has 1 aliphatic carbocycles. The van der Waals surface area contributed by atoms with Gasteiger partial charge in [0.15, 0.2) is 0 Å². The van der Waals surface area contributed by atoms with Crippen LogP contribution in [0.3, 0.4) is 0 Å². The largest absolute Gasteiger partial charge is 0.463 e. The van der Waals surface area contributed by atoms with Crippen LogP contribution in [0.2, 0.25) is 0 Å². The van der Waals surface area contributed by atoms with Gasteiger partial charge in [0, 0.05) is 13.8 Å². The second-order valence-electron chi connectivity index (χ2n) is 5.80. The Morgan fingerprint density at radius 1 is 1.10 bits per heavy atom. The van der Waals surface area contributed by atoms with E-state index in [1.54, 1.807) is 0 Å². The van der Waals surface area contributed by atoms with Crippen molar-refractivity contribution in [3.8, 4) is 0 Å². The predicted molar refractivity (Wildman–Crippen MR) is 76.6 cm³/mol. The van der Waals surface area contributed by atoms with Crippen LogP contribution < -0.4 is 0 Å². The molecule has 0 aromatic carbocycles. The first kappa shape index (κ1) is 16.0. The van der Waals surface area contributed by atoms with Crippen LogP contribution in [0.5, 0.6) is 0 Å². The van der Waals surface area contributed by atoms with E-state index in [4.69, 9.17) is 14.2 Å². The first-order chi connectivity index (χ1) is 10.1. The zero-order chi connectivity index (χ0) is 15.2. The summed E-state index contributed by atoms with van der Waals surface area (Å²) in [6, 6.07) is 0. The third-order valence-corrected chi connectivity index (χ3v) is 4.06. The monoisotopic (exact) mass is 296 g/mol. The lowest BCUT2D eigenvalue weighted by Gasteiger charge is -2.36. The van der Waals surface area contributed by atoms with Crippen molar-refractivity contribution in [2.45, 2.75) is 64.3 Å². The molecule has 0 radical (unpaired) electrons. The van der Waals surface area contributed by atoms with Gasteiger partial charge in [0.1, 0.15) is 18.8 Å². The summed E-state index contributed by atoms with van der Waals surface area (Å²) in [5.41, 5.74) is 0. The highest BCUT2D eigenvalue weighted by Gasteiger charge is 2.34. The fourth-order valence-electron chi connectivity index (χ4n) is 3.04. The second kappa shape index (κ2) is 7.59. The molecule has 1 fully saturated rings. The molecule has 5 heteroatoms. The van der Waals surface area contributed by atoms with Gasteiger partial charge < -0.3 is 14.2 Å². The van der Waals surface area contributed by atoms with Crippen LogP contribution in [0.4, 0.5) is 0 Å². The van der Waals surface area contributed by atoms with E-state index in [0.29, 0.717) is 5.92 Å². The van der Waals surface area contributed by atoms with E-state index in [2.05, 4.69) is 0 Å². The lowest BCUT2D eigenvalue weighted by Crippen LogP contribution is -2.43. The minimum absolute atomic E-state index is 0.0256. The maximum Gasteiger partial charge on any atom is 0.303 e. The summed E-state index contributed by atoms with van der Waals surface area (Å²) < 4.78 is 16.3. The van der Waals surface area contributed by atoms with Crippen LogP contribution in [0.1, 0.15) is 46.0 Å². The summed E-state index contributed by atoms with van der Waals surface area (Å²) in [7, 11) is 0. The molecule has 0 N–H and O–H groups in total. The van der Waals surface area contributed by atoms with Gasteiger partial charge in [-0.15, -0.1) is 0 Å². The number of ether oxygens (including phenoxy) is 3. The lowest BCUT2D eigenvalue weighted by atomic mass is 9.84. The maximum absolute atomic E-state index is 11.2. The number of carbonyl (C=O) groups excluding carboxylic acids is 2.